The number of carbonyl (C=O) groups is 2. The lowest BCUT2D eigenvalue weighted by Crippen LogP contribution is -2.60. The first kappa shape index (κ1) is 20.3. The number of alkyl halides is 3. The number of anilines is 2. The van der Waals surface area contributed by atoms with Crippen LogP contribution in [-0.2, 0) is 18.4 Å². The van der Waals surface area contributed by atoms with E-state index < -0.39 is 18.1 Å². The van der Waals surface area contributed by atoms with Gasteiger partial charge in [0.05, 0.1) is 23.0 Å². The Morgan fingerprint density at radius 3 is 2.78 bits per heavy atom. The first-order valence-corrected chi connectivity index (χ1v) is 10.2. The van der Waals surface area contributed by atoms with Crippen LogP contribution in [0.25, 0.3) is 10.9 Å². The molecule has 1 saturated heterocycles. The van der Waals surface area contributed by atoms with Gasteiger partial charge in [-0.25, -0.2) is 0 Å². The van der Waals surface area contributed by atoms with Crippen LogP contribution in [0.4, 0.5) is 24.5 Å². The monoisotopic (exact) mass is 443 g/mol. The third kappa shape index (κ3) is 3.35. The van der Waals surface area contributed by atoms with Crippen molar-refractivity contribution >= 4 is 34.1 Å². The highest BCUT2D eigenvalue weighted by molar-refractivity contribution is 6.05. The smallest absolute Gasteiger partial charge is 0.355 e. The van der Waals surface area contributed by atoms with Crippen LogP contribution in [0.15, 0.2) is 42.6 Å². The first-order valence-electron chi connectivity index (χ1n) is 10.2. The molecule has 0 bridgehead atoms. The molecule has 10 heteroatoms. The number of fused-ring (bicyclic) bond motifs is 2. The number of nitrogens with one attached hydrogen (secondary N) is 1. The van der Waals surface area contributed by atoms with Crippen molar-refractivity contribution in [1.82, 2.24) is 19.6 Å². The molecule has 1 unspecified atom stereocenters. The topological polar surface area (TPSA) is 70.5 Å². The Morgan fingerprint density at radius 2 is 2.06 bits per heavy atom. The van der Waals surface area contributed by atoms with Crippen LogP contribution in [0.5, 0.6) is 0 Å². The Hall–Kier alpha value is -3.56. The molecular weight excluding hydrogens is 423 g/mol. The number of hydrogen-bond acceptors (Lipinski definition) is 4. The third-order valence-electron chi connectivity index (χ3n) is 6.08. The fourth-order valence-electron chi connectivity index (χ4n) is 4.33. The Morgan fingerprint density at radius 1 is 1.25 bits per heavy atom. The third-order valence-corrected chi connectivity index (χ3v) is 6.08. The van der Waals surface area contributed by atoms with Crippen LogP contribution < -0.4 is 5.32 Å². The van der Waals surface area contributed by atoms with Crippen LogP contribution in [0.3, 0.4) is 0 Å². The molecule has 2 aliphatic heterocycles. The van der Waals surface area contributed by atoms with Crippen molar-refractivity contribution in [1.29, 1.82) is 0 Å². The first-order chi connectivity index (χ1) is 15.2. The maximum absolute atomic E-state index is 13.0. The predicted molar refractivity (Wildman–Crippen MR) is 111 cm³/mol. The van der Waals surface area contributed by atoms with E-state index in [9.17, 15) is 22.8 Å². The zero-order chi connectivity index (χ0) is 22.6. The zero-order valence-electron chi connectivity index (χ0n) is 17.2. The molecule has 1 aromatic heterocycles. The summed E-state index contributed by atoms with van der Waals surface area (Å²) in [6, 6.07) is 9.33. The molecule has 3 aromatic rings. The number of likely N-dealkylation sites (tertiary alicyclic amines) is 1. The van der Waals surface area contributed by atoms with Gasteiger partial charge < -0.3 is 15.1 Å². The van der Waals surface area contributed by atoms with Crippen molar-refractivity contribution in [2.24, 2.45) is 7.05 Å². The molecule has 0 aliphatic carbocycles. The van der Waals surface area contributed by atoms with Crippen LogP contribution in [0.1, 0.15) is 22.3 Å². The Balaban J connectivity index is 1.34. The summed E-state index contributed by atoms with van der Waals surface area (Å²) in [5.41, 5.74) is 3.49. The van der Waals surface area contributed by atoms with E-state index in [-0.39, 0.29) is 32.0 Å². The van der Waals surface area contributed by atoms with E-state index >= 15 is 0 Å². The number of rotatable bonds is 4. The normalized spacial score (nSPS) is 18.1. The second kappa shape index (κ2) is 7.25. The minimum atomic E-state index is -4.45. The Bertz CT molecular complexity index is 1240. The lowest BCUT2D eigenvalue weighted by Gasteiger charge is -2.42. The molecule has 1 fully saturated rings. The average molecular weight is 443 g/mol. The zero-order valence-corrected chi connectivity index (χ0v) is 17.2. The summed E-state index contributed by atoms with van der Waals surface area (Å²) in [5.74, 6) is -1.06. The molecule has 5 rings (SSSR count). The van der Waals surface area contributed by atoms with Gasteiger partial charge in [0.2, 0.25) is 5.91 Å². The van der Waals surface area contributed by atoms with E-state index in [1.165, 1.54) is 4.90 Å². The fourth-order valence-corrected chi connectivity index (χ4v) is 4.33. The summed E-state index contributed by atoms with van der Waals surface area (Å²) in [7, 11) is 1.85. The number of amides is 2. The lowest BCUT2D eigenvalue weighted by atomic mass is 10.0. The number of carbonyl (C=O) groups excluding carboxylic acids is 2. The highest BCUT2D eigenvalue weighted by atomic mass is 19.4. The molecule has 0 spiro atoms. The molecule has 0 radical (unpaired) electrons. The van der Waals surface area contributed by atoms with Crippen molar-refractivity contribution in [2.75, 3.05) is 18.4 Å². The summed E-state index contributed by atoms with van der Waals surface area (Å²) in [4.78, 5) is 27.6. The van der Waals surface area contributed by atoms with Crippen molar-refractivity contribution in [3.63, 3.8) is 0 Å². The average Bonchev–Trinajstić information content (AvgIpc) is 3.20. The van der Waals surface area contributed by atoms with E-state index in [1.54, 1.807) is 29.1 Å². The van der Waals surface area contributed by atoms with E-state index in [4.69, 9.17) is 0 Å². The van der Waals surface area contributed by atoms with Crippen LogP contribution in [0.2, 0.25) is 0 Å². The van der Waals surface area contributed by atoms with Crippen LogP contribution >= 0.6 is 0 Å². The van der Waals surface area contributed by atoms with Gasteiger partial charge in [0, 0.05) is 31.2 Å². The highest BCUT2D eigenvalue weighted by Crippen LogP contribution is 2.35. The fraction of sp³-hybridized carbons (Fsp3) is 0.318. The number of hydrogen-bond donors (Lipinski definition) is 1. The molecule has 166 valence electrons. The van der Waals surface area contributed by atoms with Gasteiger partial charge in [0.25, 0.3) is 5.91 Å². The second-order valence-electron chi connectivity index (χ2n) is 8.10. The van der Waals surface area contributed by atoms with E-state index in [0.29, 0.717) is 11.3 Å². The molecule has 32 heavy (non-hydrogen) atoms. The molecule has 1 N–H and O–H groups in total. The minimum absolute atomic E-state index is 0.0572. The number of aromatic nitrogens is 2. The largest absolute Gasteiger partial charge is 0.408 e. The van der Waals surface area contributed by atoms with E-state index in [1.807, 2.05) is 25.2 Å². The highest BCUT2D eigenvalue weighted by Gasteiger charge is 2.50. The van der Waals surface area contributed by atoms with Gasteiger partial charge in [-0.05, 0) is 36.2 Å². The van der Waals surface area contributed by atoms with Crippen molar-refractivity contribution in [3.05, 3.63) is 53.7 Å². The summed E-state index contributed by atoms with van der Waals surface area (Å²) in [6.07, 6.45) is -2.80. The molecule has 2 amide bonds. The van der Waals surface area contributed by atoms with Gasteiger partial charge in [0.1, 0.15) is 12.6 Å². The summed E-state index contributed by atoms with van der Waals surface area (Å²) < 4.78 is 40.7. The molecule has 0 saturated carbocycles. The minimum Gasteiger partial charge on any atom is -0.355 e. The van der Waals surface area contributed by atoms with Crippen LogP contribution in [0, 0.1) is 0 Å². The summed E-state index contributed by atoms with van der Waals surface area (Å²) >= 11 is 0. The lowest BCUT2D eigenvalue weighted by molar-refractivity contribution is -0.212. The van der Waals surface area contributed by atoms with Crippen molar-refractivity contribution in [3.8, 4) is 0 Å². The molecular formula is C22H20F3N5O2. The second-order valence-corrected chi connectivity index (χ2v) is 8.10. The maximum Gasteiger partial charge on any atom is 0.408 e. The molecule has 2 aliphatic rings. The number of aryl methyl sites for hydroxylation is 1. The van der Waals surface area contributed by atoms with Crippen LogP contribution in [-0.4, -0.2) is 56.7 Å². The molecule has 3 heterocycles. The Labute approximate surface area is 181 Å². The number of nitrogens with zero attached hydrogens (tertiary/aromatic N) is 4. The van der Waals surface area contributed by atoms with Crippen molar-refractivity contribution in [2.45, 2.75) is 25.2 Å². The predicted octanol–water partition coefficient (Wildman–Crippen LogP) is 3.44. The van der Waals surface area contributed by atoms with Gasteiger partial charge in [-0.1, -0.05) is 12.1 Å². The van der Waals surface area contributed by atoms with Gasteiger partial charge in [0.15, 0.2) is 0 Å². The SMILES string of the molecule is Cn1ncc2cc(Nc3cccc4c3C(=O)N(CC(=O)N3CCC3C(F)(F)F)C4)ccc21. The summed E-state index contributed by atoms with van der Waals surface area (Å²) in [5, 5.41) is 8.41. The molecule has 7 nitrogen and oxygen atoms in total. The van der Waals surface area contributed by atoms with Gasteiger partial charge in [-0.15, -0.1) is 0 Å². The maximum atomic E-state index is 13.0. The number of benzene rings is 2. The van der Waals surface area contributed by atoms with Gasteiger partial charge in [-0.3, -0.25) is 14.3 Å². The Kier molecular flexibility index (Phi) is 4.61. The van der Waals surface area contributed by atoms with Gasteiger partial charge in [-0.2, -0.15) is 18.3 Å². The standard InChI is InChI=1S/C22H20F3N5O2/c1-28-17-6-5-15(9-14(17)10-26-28)27-16-4-2-3-13-11-29(21(32)20(13)16)12-19(31)30-8-7-18(30)22(23,24)25/h2-6,9-10,18,27H,7-8,11-12H2,1H3. The quantitative estimate of drug-likeness (QED) is 0.671. The molecule has 1 atom stereocenters. The number of halogens is 3. The molecule has 2 aromatic carbocycles. The van der Waals surface area contributed by atoms with Crippen molar-refractivity contribution < 1.29 is 22.8 Å². The van der Waals surface area contributed by atoms with Gasteiger partial charge >= 0.3 is 6.18 Å². The van der Waals surface area contributed by atoms with E-state index in [2.05, 4.69) is 10.4 Å². The van der Waals surface area contributed by atoms with E-state index in [0.717, 1.165) is 27.1 Å². The summed E-state index contributed by atoms with van der Waals surface area (Å²) in [6.45, 7) is -0.135.